The number of β-amino-alcohol motifs (C(OH)–C–C–N with tert-alkyl or cyclic N) is 1. The van der Waals surface area contributed by atoms with Gasteiger partial charge in [-0.3, -0.25) is 4.79 Å². The first-order chi connectivity index (χ1) is 10.0. The Kier molecular flexibility index (Phi) is 3.47. The average Bonchev–Trinajstić information content (AvgIpc) is 3.05. The molecule has 3 rings (SSSR count). The lowest BCUT2D eigenvalue weighted by Gasteiger charge is -2.19. The zero-order chi connectivity index (χ0) is 15.0. The standard InChI is InChI=1S/C15H16FN3O2/c1-10-7-13(20)9-18(10)15(21)14-5-6-19(17-14)12-4-2-3-11(16)8-12/h2-6,8,10,13,20H,7,9H2,1H3/t10-,13+/m1/s1. The molecule has 1 aliphatic rings. The molecule has 5 nitrogen and oxygen atoms in total. The summed E-state index contributed by atoms with van der Waals surface area (Å²) in [6.07, 6.45) is 1.73. The normalized spacial score (nSPS) is 21.8. The minimum absolute atomic E-state index is 0.00757. The predicted molar refractivity (Wildman–Crippen MR) is 74.6 cm³/mol. The summed E-state index contributed by atoms with van der Waals surface area (Å²) in [6, 6.07) is 7.60. The van der Waals surface area contributed by atoms with Crippen molar-refractivity contribution in [3.63, 3.8) is 0 Å². The molecule has 0 aliphatic carbocycles. The molecule has 2 atom stereocenters. The van der Waals surface area contributed by atoms with Crippen LogP contribution in [0.1, 0.15) is 23.8 Å². The lowest BCUT2D eigenvalue weighted by Crippen LogP contribution is -2.34. The molecule has 2 aromatic rings. The molecule has 1 amide bonds. The molecule has 1 N–H and O–H groups in total. The molecule has 0 spiro atoms. The van der Waals surface area contributed by atoms with E-state index in [4.69, 9.17) is 0 Å². The Balaban J connectivity index is 1.83. The number of benzene rings is 1. The van der Waals surface area contributed by atoms with Crippen molar-refractivity contribution in [2.24, 2.45) is 0 Å². The lowest BCUT2D eigenvalue weighted by atomic mass is 10.2. The summed E-state index contributed by atoms with van der Waals surface area (Å²) in [5, 5.41) is 13.8. The highest BCUT2D eigenvalue weighted by molar-refractivity contribution is 5.92. The summed E-state index contributed by atoms with van der Waals surface area (Å²) in [5.74, 6) is -0.568. The molecule has 1 aromatic carbocycles. The summed E-state index contributed by atoms with van der Waals surface area (Å²) in [7, 11) is 0. The highest BCUT2D eigenvalue weighted by atomic mass is 19.1. The van der Waals surface area contributed by atoms with Crippen molar-refractivity contribution >= 4 is 5.91 Å². The number of carbonyl (C=O) groups excluding carboxylic acids is 1. The van der Waals surface area contributed by atoms with E-state index < -0.39 is 6.10 Å². The molecule has 1 fully saturated rings. The van der Waals surface area contributed by atoms with Crippen molar-refractivity contribution in [3.8, 4) is 5.69 Å². The molecule has 1 saturated heterocycles. The highest BCUT2D eigenvalue weighted by Crippen LogP contribution is 2.20. The third kappa shape index (κ3) is 2.67. The monoisotopic (exact) mass is 289 g/mol. The van der Waals surface area contributed by atoms with Gasteiger partial charge in [-0.05, 0) is 37.6 Å². The molecular formula is C15H16FN3O2. The molecule has 21 heavy (non-hydrogen) atoms. The fourth-order valence-electron chi connectivity index (χ4n) is 2.63. The maximum Gasteiger partial charge on any atom is 0.274 e. The minimum Gasteiger partial charge on any atom is -0.391 e. The molecule has 2 heterocycles. The Bertz CT molecular complexity index is 670. The number of halogens is 1. The fraction of sp³-hybridized carbons (Fsp3) is 0.333. The van der Waals surface area contributed by atoms with Gasteiger partial charge in [0.15, 0.2) is 5.69 Å². The second kappa shape index (κ2) is 5.29. The van der Waals surface area contributed by atoms with Crippen molar-refractivity contribution in [2.45, 2.75) is 25.5 Å². The molecule has 0 unspecified atom stereocenters. The number of aliphatic hydroxyl groups is 1. The SMILES string of the molecule is C[C@@H]1C[C@H](O)CN1C(=O)c1ccn(-c2cccc(F)c2)n1. The van der Waals surface area contributed by atoms with Crippen LogP contribution in [-0.4, -0.2) is 44.4 Å². The third-order valence-electron chi connectivity index (χ3n) is 3.69. The summed E-state index contributed by atoms with van der Waals surface area (Å²) in [5.41, 5.74) is 0.851. The molecular weight excluding hydrogens is 273 g/mol. The Hall–Kier alpha value is -2.21. The van der Waals surface area contributed by atoms with Crippen molar-refractivity contribution in [1.29, 1.82) is 0 Å². The van der Waals surface area contributed by atoms with E-state index in [0.29, 0.717) is 24.3 Å². The van der Waals surface area contributed by atoms with Gasteiger partial charge >= 0.3 is 0 Å². The number of aliphatic hydroxyl groups excluding tert-OH is 1. The van der Waals surface area contributed by atoms with Gasteiger partial charge in [-0.2, -0.15) is 5.10 Å². The summed E-state index contributed by atoms with van der Waals surface area (Å²) in [4.78, 5) is 14.0. The Morgan fingerprint density at radius 1 is 1.43 bits per heavy atom. The first kappa shape index (κ1) is 13.8. The number of aromatic nitrogens is 2. The van der Waals surface area contributed by atoms with Crippen molar-refractivity contribution in [2.75, 3.05) is 6.54 Å². The fourth-order valence-corrected chi connectivity index (χ4v) is 2.63. The topological polar surface area (TPSA) is 58.4 Å². The Morgan fingerprint density at radius 2 is 2.24 bits per heavy atom. The van der Waals surface area contributed by atoms with Crippen LogP contribution in [0.25, 0.3) is 5.69 Å². The molecule has 6 heteroatoms. The average molecular weight is 289 g/mol. The maximum absolute atomic E-state index is 13.2. The molecule has 0 bridgehead atoms. The first-order valence-electron chi connectivity index (χ1n) is 6.85. The van der Waals surface area contributed by atoms with Crippen molar-refractivity contribution in [1.82, 2.24) is 14.7 Å². The van der Waals surface area contributed by atoms with E-state index in [-0.39, 0.29) is 17.8 Å². The number of nitrogens with zero attached hydrogens (tertiary/aromatic N) is 3. The van der Waals surface area contributed by atoms with Gasteiger partial charge in [0, 0.05) is 18.8 Å². The quantitative estimate of drug-likeness (QED) is 0.913. The van der Waals surface area contributed by atoms with Crippen LogP contribution in [0.5, 0.6) is 0 Å². The van der Waals surface area contributed by atoms with Crippen molar-refractivity contribution in [3.05, 3.63) is 48.0 Å². The number of amides is 1. The van der Waals surface area contributed by atoms with E-state index in [1.54, 1.807) is 29.3 Å². The predicted octanol–water partition coefficient (Wildman–Crippen LogP) is 1.61. The van der Waals surface area contributed by atoms with Gasteiger partial charge in [-0.1, -0.05) is 6.07 Å². The van der Waals surface area contributed by atoms with E-state index in [9.17, 15) is 14.3 Å². The van der Waals surface area contributed by atoms with E-state index in [1.807, 2.05) is 6.92 Å². The van der Waals surface area contributed by atoms with Gasteiger partial charge < -0.3 is 10.0 Å². The lowest BCUT2D eigenvalue weighted by molar-refractivity contribution is 0.0719. The number of rotatable bonds is 2. The van der Waals surface area contributed by atoms with Crippen LogP contribution in [-0.2, 0) is 0 Å². The van der Waals surface area contributed by atoms with E-state index >= 15 is 0 Å². The van der Waals surface area contributed by atoms with E-state index in [1.165, 1.54) is 16.8 Å². The van der Waals surface area contributed by atoms with Gasteiger partial charge in [0.1, 0.15) is 5.82 Å². The van der Waals surface area contributed by atoms with Crippen LogP contribution >= 0.6 is 0 Å². The Morgan fingerprint density at radius 3 is 2.90 bits per heavy atom. The zero-order valence-electron chi connectivity index (χ0n) is 11.6. The van der Waals surface area contributed by atoms with Crippen LogP contribution in [0.4, 0.5) is 4.39 Å². The summed E-state index contributed by atoms with van der Waals surface area (Å²) < 4.78 is 14.7. The minimum atomic E-state index is -0.478. The molecule has 110 valence electrons. The highest BCUT2D eigenvalue weighted by Gasteiger charge is 2.32. The van der Waals surface area contributed by atoms with Crippen LogP contribution < -0.4 is 0 Å². The first-order valence-corrected chi connectivity index (χ1v) is 6.85. The van der Waals surface area contributed by atoms with Crippen LogP contribution in [0, 0.1) is 5.82 Å². The number of hydrogen-bond donors (Lipinski definition) is 1. The van der Waals surface area contributed by atoms with Gasteiger partial charge in [0.25, 0.3) is 5.91 Å². The number of carbonyl (C=O) groups is 1. The van der Waals surface area contributed by atoms with Crippen molar-refractivity contribution < 1.29 is 14.3 Å². The van der Waals surface area contributed by atoms with Gasteiger partial charge in [-0.25, -0.2) is 9.07 Å². The molecule has 1 aliphatic heterocycles. The number of likely N-dealkylation sites (tertiary alicyclic amines) is 1. The largest absolute Gasteiger partial charge is 0.391 e. The second-order valence-electron chi connectivity index (χ2n) is 5.32. The third-order valence-corrected chi connectivity index (χ3v) is 3.69. The van der Waals surface area contributed by atoms with Crippen LogP contribution in [0.2, 0.25) is 0 Å². The summed E-state index contributed by atoms with van der Waals surface area (Å²) >= 11 is 0. The molecule has 0 radical (unpaired) electrons. The number of hydrogen-bond acceptors (Lipinski definition) is 3. The molecule has 0 saturated carbocycles. The smallest absolute Gasteiger partial charge is 0.274 e. The summed E-state index contributed by atoms with van der Waals surface area (Å²) in [6.45, 7) is 2.23. The van der Waals surface area contributed by atoms with Crippen LogP contribution in [0.3, 0.4) is 0 Å². The maximum atomic E-state index is 13.2. The van der Waals surface area contributed by atoms with Gasteiger partial charge in [0.05, 0.1) is 11.8 Å². The van der Waals surface area contributed by atoms with E-state index in [2.05, 4.69) is 5.10 Å². The van der Waals surface area contributed by atoms with Gasteiger partial charge in [-0.15, -0.1) is 0 Å². The van der Waals surface area contributed by atoms with Crippen LogP contribution in [0.15, 0.2) is 36.5 Å². The van der Waals surface area contributed by atoms with E-state index in [0.717, 1.165) is 0 Å². The molecule has 1 aromatic heterocycles. The van der Waals surface area contributed by atoms with Gasteiger partial charge in [0.2, 0.25) is 0 Å². The second-order valence-corrected chi connectivity index (χ2v) is 5.32. The zero-order valence-corrected chi connectivity index (χ0v) is 11.6. The Labute approximate surface area is 121 Å².